The van der Waals surface area contributed by atoms with E-state index in [-0.39, 0.29) is 24.9 Å². The summed E-state index contributed by atoms with van der Waals surface area (Å²) in [5, 5.41) is 2.93. The van der Waals surface area contributed by atoms with Gasteiger partial charge in [0.05, 0.1) is 18.8 Å². The van der Waals surface area contributed by atoms with Crippen molar-refractivity contribution in [2.75, 3.05) is 31.7 Å². The van der Waals surface area contributed by atoms with Crippen LogP contribution in [0, 0.1) is 0 Å². The van der Waals surface area contributed by atoms with Gasteiger partial charge < -0.3 is 24.3 Å². The standard InChI is InChI=1S/C21H24N2O5/c1-14-10-23(11-15(2)27-14)12-21(24)22-16-3-5-17(6-4-16)28-18-7-8-19-20(9-18)26-13-25-19/h3-9,14-15H,10-13H2,1-2H3,(H,22,24)/t14-,15-/m1/s1. The summed E-state index contributed by atoms with van der Waals surface area (Å²) in [5.74, 6) is 2.69. The maximum atomic E-state index is 12.3. The van der Waals surface area contributed by atoms with Crippen molar-refractivity contribution in [3.63, 3.8) is 0 Å². The number of carbonyl (C=O) groups excluding carboxylic acids is 1. The molecule has 0 unspecified atom stereocenters. The zero-order valence-corrected chi connectivity index (χ0v) is 16.0. The molecule has 2 atom stereocenters. The molecule has 1 fully saturated rings. The highest BCUT2D eigenvalue weighted by Crippen LogP contribution is 2.36. The number of benzene rings is 2. The van der Waals surface area contributed by atoms with Crippen LogP contribution in [-0.4, -0.2) is 49.4 Å². The molecular weight excluding hydrogens is 360 g/mol. The third-order valence-electron chi connectivity index (χ3n) is 4.58. The topological polar surface area (TPSA) is 69.3 Å². The molecule has 2 aromatic carbocycles. The van der Waals surface area contributed by atoms with Crippen LogP contribution in [0.25, 0.3) is 0 Å². The highest BCUT2D eigenvalue weighted by Gasteiger charge is 2.23. The second-order valence-electron chi connectivity index (χ2n) is 7.14. The van der Waals surface area contributed by atoms with Crippen LogP contribution < -0.4 is 19.5 Å². The summed E-state index contributed by atoms with van der Waals surface area (Å²) in [6, 6.07) is 12.7. The molecule has 0 spiro atoms. The molecule has 28 heavy (non-hydrogen) atoms. The Morgan fingerprint density at radius 3 is 2.46 bits per heavy atom. The van der Waals surface area contributed by atoms with Crippen molar-refractivity contribution in [3.8, 4) is 23.0 Å². The Bertz CT molecular complexity index is 829. The summed E-state index contributed by atoms with van der Waals surface area (Å²) < 4.78 is 22.2. The minimum atomic E-state index is -0.0364. The molecule has 148 valence electrons. The highest BCUT2D eigenvalue weighted by molar-refractivity contribution is 5.92. The van der Waals surface area contributed by atoms with Gasteiger partial charge in [-0.05, 0) is 50.2 Å². The Morgan fingerprint density at radius 1 is 1.04 bits per heavy atom. The molecule has 7 nitrogen and oxygen atoms in total. The summed E-state index contributed by atoms with van der Waals surface area (Å²) in [7, 11) is 0. The summed E-state index contributed by atoms with van der Waals surface area (Å²) in [6.07, 6.45) is 0.285. The van der Waals surface area contributed by atoms with E-state index in [0.717, 1.165) is 24.5 Å². The third kappa shape index (κ3) is 4.55. The van der Waals surface area contributed by atoms with Gasteiger partial charge in [0.25, 0.3) is 0 Å². The number of ether oxygens (including phenoxy) is 4. The monoisotopic (exact) mass is 384 g/mol. The third-order valence-corrected chi connectivity index (χ3v) is 4.58. The van der Waals surface area contributed by atoms with E-state index in [0.29, 0.717) is 23.8 Å². The first-order valence-corrected chi connectivity index (χ1v) is 9.40. The van der Waals surface area contributed by atoms with Crippen molar-refractivity contribution in [2.24, 2.45) is 0 Å². The first kappa shape index (κ1) is 18.6. The molecule has 0 bridgehead atoms. The van der Waals surface area contributed by atoms with E-state index in [4.69, 9.17) is 18.9 Å². The van der Waals surface area contributed by atoms with Crippen LogP contribution in [0.1, 0.15) is 13.8 Å². The van der Waals surface area contributed by atoms with Crippen molar-refractivity contribution in [1.82, 2.24) is 4.90 Å². The van der Waals surface area contributed by atoms with Crippen molar-refractivity contribution in [2.45, 2.75) is 26.1 Å². The molecule has 0 radical (unpaired) electrons. The fraction of sp³-hybridized carbons (Fsp3) is 0.381. The lowest BCUT2D eigenvalue weighted by molar-refractivity contribution is -0.121. The molecule has 1 saturated heterocycles. The Morgan fingerprint density at radius 2 is 1.71 bits per heavy atom. The number of amides is 1. The Hall–Kier alpha value is -2.77. The highest BCUT2D eigenvalue weighted by atomic mass is 16.7. The quantitative estimate of drug-likeness (QED) is 0.853. The van der Waals surface area contributed by atoms with Gasteiger partial charge in [0.1, 0.15) is 11.5 Å². The lowest BCUT2D eigenvalue weighted by Gasteiger charge is -2.34. The Balaban J connectivity index is 1.31. The van der Waals surface area contributed by atoms with Crippen molar-refractivity contribution < 1.29 is 23.7 Å². The lowest BCUT2D eigenvalue weighted by Crippen LogP contribution is -2.48. The number of hydrogen-bond donors (Lipinski definition) is 1. The van der Waals surface area contributed by atoms with Gasteiger partial charge in [-0.3, -0.25) is 9.69 Å². The number of anilines is 1. The number of nitrogens with zero attached hydrogens (tertiary/aromatic N) is 1. The van der Waals surface area contributed by atoms with Crippen LogP contribution in [0.5, 0.6) is 23.0 Å². The predicted molar refractivity (Wildman–Crippen MR) is 104 cm³/mol. The van der Waals surface area contributed by atoms with Crippen LogP contribution in [0.15, 0.2) is 42.5 Å². The van der Waals surface area contributed by atoms with Gasteiger partial charge in [-0.2, -0.15) is 0 Å². The number of nitrogens with one attached hydrogen (secondary N) is 1. The molecule has 2 aliphatic heterocycles. The minimum Gasteiger partial charge on any atom is -0.457 e. The molecule has 1 amide bonds. The number of carbonyl (C=O) groups is 1. The number of rotatable bonds is 5. The maximum Gasteiger partial charge on any atom is 0.238 e. The number of morpholine rings is 1. The molecule has 2 aliphatic rings. The summed E-state index contributed by atoms with van der Waals surface area (Å²) in [4.78, 5) is 14.4. The molecule has 2 aromatic rings. The molecule has 7 heteroatoms. The van der Waals surface area contributed by atoms with Crippen LogP contribution in [0.2, 0.25) is 0 Å². The van der Waals surface area contributed by atoms with Crippen molar-refractivity contribution in [3.05, 3.63) is 42.5 Å². The van der Waals surface area contributed by atoms with Gasteiger partial charge in [0.15, 0.2) is 11.5 Å². The molecule has 4 rings (SSSR count). The maximum absolute atomic E-state index is 12.3. The lowest BCUT2D eigenvalue weighted by atomic mass is 10.2. The second-order valence-corrected chi connectivity index (χ2v) is 7.14. The second kappa shape index (κ2) is 8.08. The van der Waals surface area contributed by atoms with E-state index in [9.17, 15) is 4.79 Å². The average Bonchev–Trinajstić information content (AvgIpc) is 3.10. The van der Waals surface area contributed by atoms with Crippen LogP contribution >= 0.6 is 0 Å². The fourth-order valence-electron chi connectivity index (χ4n) is 3.50. The van der Waals surface area contributed by atoms with E-state index < -0.39 is 0 Å². The van der Waals surface area contributed by atoms with E-state index in [1.54, 1.807) is 6.07 Å². The summed E-state index contributed by atoms with van der Waals surface area (Å²) in [6.45, 7) is 6.17. The molecule has 0 saturated carbocycles. The van der Waals surface area contributed by atoms with Crippen molar-refractivity contribution in [1.29, 1.82) is 0 Å². The Kier molecular flexibility index (Phi) is 5.36. The average molecular weight is 384 g/mol. The van der Waals surface area contributed by atoms with Gasteiger partial charge in [-0.15, -0.1) is 0 Å². The molecule has 2 heterocycles. The van der Waals surface area contributed by atoms with Crippen LogP contribution in [0.4, 0.5) is 5.69 Å². The number of hydrogen-bond acceptors (Lipinski definition) is 6. The molecular formula is C21H24N2O5. The molecule has 0 aromatic heterocycles. The van der Waals surface area contributed by atoms with Gasteiger partial charge in [-0.25, -0.2) is 0 Å². The zero-order chi connectivity index (χ0) is 19.5. The SMILES string of the molecule is C[C@@H]1CN(CC(=O)Nc2ccc(Oc3ccc4c(c3)OCO4)cc2)C[C@@H](C)O1. The first-order valence-electron chi connectivity index (χ1n) is 9.40. The smallest absolute Gasteiger partial charge is 0.238 e. The van der Waals surface area contributed by atoms with E-state index in [1.165, 1.54) is 0 Å². The fourth-order valence-corrected chi connectivity index (χ4v) is 3.50. The van der Waals surface area contributed by atoms with Gasteiger partial charge in [0.2, 0.25) is 12.7 Å². The molecule has 0 aliphatic carbocycles. The predicted octanol–water partition coefficient (Wildman–Crippen LogP) is 3.26. The summed E-state index contributed by atoms with van der Waals surface area (Å²) >= 11 is 0. The Labute approximate surface area is 164 Å². The summed E-state index contributed by atoms with van der Waals surface area (Å²) in [5.41, 5.74) is 0.734. The van der Waals surface area contributed by atoms with E-state index >= 15 is 0 Å². The zero-order valence-electron chi connectivity index (χ0n) is 16.0. The number of fused-ring (bicyclic) bond motifs is 1. The van der Waals surface area contributed by atoms with Crippen LogP contribution in [0.3, 0.4) is 0 Å². The normalized spacial score (nSPS) is 21.4. The van der Waals surface area contributed by atoms with E-state index in [2.05, 4.69) is 10.2 Å². The minimum absolute atomic E-state index is 0.0364. The first-order chi connectivity index (χ1) is 13.5. The largest absolute Gasteiger partial charge is 0.457 e. The van der Waals surface area contributed by atoms with Crippen LogP contribution in [-0.2, 0) is 9.53 Å². The van der Waals surface area contributed by atoms with E-state index in [1.807, 2.05) is 50.2 Å². The van der Waals surface area contributed by atoms with Crippen molar-refractivity contribution >= 4 is 11.6 Å². The van der Waals surface area contributed by atoms with Gasteiger partial charge in [-0.1, -0.05) is 0 Å². The van der Waals surface area contributed by atoms with Gasteiger partial charge >= 0.3 is 0 Å². The van der Waals surface area contributed by atoms with Gasteiger partial charge in [0, 0.05) is 24.8 Å². The molecule has 1 N–H and O–H groups in total.